The van der Waals surface area contributed by atoms with E-state index in [0.29, 0.717) is 29.1 Å². The Hall–Kier alpha value is -4.63. The number of allylic oxidation sites excluding steroid dienone is 2. The fraction of sp³-hybridized carbons (Fsp3) is 0.258. The topological polar surface area (TPSA) is 87.5 Å². The third-order valence-electron chi connectivity index (χ3n) is 7.27. The molecule has 5 rings (SSSR count). The van der Waals surface area contributed by atoms with Crippen molar-refractivity contribution in [1.29, 1.82) is 0 Å². The van der Waals surface area contributed by atoms with Crippen molar-refractivity contribution in [2.75, 3.05) is 49.8 Å². The summed E-state index contributed by atoms with van der Waals surface area (Å²) in [7, 11) is 7.85. The second-order valence-electron chi connectivity index (χ2n) is 10.1. The van der Waals surface area contributed by atoms with Gasteiger partial charge >= 0.3 is 0 Å². The Morgan fingerprint density at radius 2 is 2.02 bits per heavy atom. The molecule has 0 saturated carbocycles. The van der Waals surface area contributed by atoms with Gasteiger partial charge in [-0.2, -0.15) is 0 Å². The van der Waals surface area contributed by atoms with Crippen LogP contribution in [0.25, 0.3) is 22.2 Å². The van der Waals surface area contributed by atoms with E-state index >= 15 is 0 Å². The highest BCUT2D eigenvalue weighted by atomic mass is 16.5. The highest BCUT2D eigenvalue weighted by Gasteiger charge is 2.27. The van der Waals surface area contributed by atoms with E-state index in [-0.39, 0.29) is 5.91 Å². The minimum atomic E-state index is -0.241. The van der Waals surface area contributed by atoms with Gasteiger partial charge in [0, 0.05) is 67.2 Å². The summed E-state index contributed by atoms with van der Waals surface area (Å²) in [5.41, 5.74) is 5.18. The van der Waals surface area contributed by atoms with Crippen LogP contribution in [0.4, 0.5) is 23.0 Å². The Kier molecular flexibility index (Phi) is 7.84. The fourth-order valence-electron chi connectivity index (χ4n) is 5.14. The lowest BCUT2D eigenvalue weighted by Gasteiger charge is -2.25. The third-order valence-corrected chi connectivity index (χ3v) is 7.27. The lowest BCUT2D eigenvalue weighted by atomic mass is 10.1. The molecule has 3 heterocycles. The number of benzene rings is 2. The van der Waals surface area contributed by atoms with Gasteiger partial charge in [-0.1, -0.05) is 36.9 Å². The summed E-state index contributed by atoms with van der Waals surface area (Å²) in [5, 5.41) is 7.48. The average molecular weight is 538 g/mol. The number of methoxy groups -OCH3 is 1. The summed E-state index contributed by atoms with van der Waals surface area (Å²) in [6.07, 6.45) is 9.49. The summed E-state index contributed by atoms with van der Waals surface area (Å²) < 4.78 is 7.89. The quantitative estimate of drug-likeness (QED) is 0.224. The average Bonchev–Trinajstić information content (AvgIpc) is 3.58. The molecule has 1 fully saturated rings. The molecule has 0 unspecified atom stereocenters. The van der Waals surface area contributed by atoms with Gasteiger partial charge < -0.3 is 29.7 Å². The molecule has 9 heteroatoms. The molecule has 0 spiro atoms. The van der Waals surface area contributed by atoms with Crippen LogP contribution in [0.1, 0.15) is 6.42 Å². The Morgan fingerprint density at radius 3 is 2.77 bits per heavy atom. The summed E-state index contributed by atoms with van der Waals surface area (Å²) in [5.74, 6) is 0.811. The van der Waals surface area contributed by atoms with Crippen molar-refractivity contribution in [2.24, 2.45) is 7.05 Å². The van der Waals surface area contributed by atoms with Gasteiger partial charge in [0.2, 0.25) is 11.9 Å². The molecular weight excluding hydrogens is 502 g/mol. The molecule has 0 radical (unpaired) electrons. The van der Waals surface area contributed by atoms with Crippen LogP contribution in [0.3, 0.4) is 0 Å². The molecule has 2 aromatic carbocycles. The minimum absolute atomic E-state index is 0.241. The second kappa shape index (κ2) is 11.6. The van der Waals surface area contributed by atoms with Crippen molar-refractivity contribution >= 4 is 39.8 Å². The van der Waals surface area contributed by atoms with Crippen LogP contribution in [0.2, 0.25) is 0 Å². The molecule has 1 atom stereocenters. The maximum Gasteiger partial charge on any atom is 0.248 e. The highest BCUT2D eigenvalue weighted by Crippen LogP contribution is 2.40. The zero-order valence-electron chi connectivity index (χ0n) is 23.4. The number of carbonyl (C=O) groups is 1. The molecule has 2 aromatic heterocycles. The van der Waals surface area contributed by atoms with E-state index in [0.717, 1.165) is 47.4 Å². The van der Waals surface area contributed by atoms with Crippen LogP contribution in [-0.2, 0) is 11.8 Å². The number of aryl methyl sites for hydroxylation is 1. The molecule has 206 valence electrons. The zero-order chi connectivity index (χ0) is 28.2. The fourth-order valence-corrected chi connectivity index (χ4v) is 5.14. The normalized spacial score (nSPS) is 15.2. The maximum atomic E-state index is 12.7. The van der Waals surface area contributed by atoms with Crippen molar-refractivity contribution in [2.45, 2.75) is 12.5 Å². The van der Waals surface area contributed by atoms with E-state index in [1.165, 1.54) is 6.08 Å². The number of nitrogens with one attached hydrogen (secondary N) is 2. The number of likely N-dealkylation sites (N-methyl/N-ethyl adjacent to an activating group) is 1. The molecule has 1 aliphatic heterocycles. The number of amides is 1. The highest BCUT2D eigenvalue weighted by molar-refractivity contribution is 6.02. The summed E-state index contributed by atoms with van der Waals surface area (Å²) in [6, 6.07) is 14.4. The molecule has 0 bridgehead atoms. The molecule has 4 aromatic rings. The number of ether oxygens (including phenoxy) is 1. The molecular formula is C31H35N7O2. The van der Waals surface area contributed by atoms with E-state index in [1.54, 1.807) is 25.5 Å². The van der Waals surface area contributed by atoms with Crippen LogP contribution in [-0.4, -0.2) is 65.7 Å². The minimum Gasteiger partial charge on any atom is -0.494 e. The van der Waals surface area contributed by atoms with Crippen molar-refractivity contribution < 1.29 is 9.53 Å². The van der Waals surface area contributed by atoms with Crippen LogP contribution in [0, 0.1) is 0 Å². The molecule has 40 heavy (non-hydrogen) atoms. The summed E-state index contributed by atoms with van der Waals surface area (Å²) in [4.78, 5) is 26.5. The Morgan fingerprint density at radius 1 is 1.20 bits per heavy atom. The summed E-state index contributed by atoms with van der Waals surface area (Å²) >= 11 is 0. The van der Waals surface area contributed by atoms with Gasteiger partial charge in [0.1, 0.15) is 5.75 Å². The van der Waals surface area contributed by atoms with Crippen molar-refractivity contribution in [3.63, 3.8) is 0 Å². The predicted octanol–water partition coefficient (Wildman–Crippen LogP) is 5.21. The first kappa shape index (κ1) is 27.0. The summed E-state index contributed by atoms with van der Waals surface area (Å²) in [6.45, 7) is 5.38. The zero-order valence-corrected chi connectivity index (χ0v) is 23.4. The van der Waals surface area contributed by atoms with Gasteiger partial charge in [0.05, 0.1) is 29.9 Å². The number of anilines is 4. The van der Waals surface area contributed by atoms with E-state index in [4.69, 9.17) is 9.72 Å². The lowest BCUT2D eigenvalue weighted by Crippen LogP contribution is -2.31. The van der Waals surface area contributed by atoms with Crippen LogP contribution in [0.5, 0.6) is 5.75 Å². The van der Waals surface area contributed by atoms with Crippen LogP contribution >= 0.6 is 0 Å². The van der Waals surface area contributed by atoms with E-state index in [2.05, 4.69) is 69.0 Å². The Bertz CT molecular complexity index is 1570. The maximum absolute atomic E-state index is 12.7. The molecule has 1 amide bonds. The molecule has 1 saturated heterocycles. The largest absolute Gasteiger partial charge is 0.494 e. The first-order valence-corrected chi connectivity index (χ1v) is 13.3. The van der Waals surface area contributed by atoms with Gasteiger partial charge in [-0.3, -0.25) is 4.79 Å². The molecule has 1 aliphatic rings. The van der Waals surface area contributed by atoms with E-state index < -0.39 is 0 Å². The van der Waals surface area contributed by atoms with Gasteiger partial charge in [0.25, 0.3) is 0 Å². The predicted molar refractivity (Wildman–Crippen MR) is 162 cm³/mol. The second-order valence-corrected chi connectivity index (χ2v) is 10.1. The Balaban J connectivity index is 1.51. The van der Waals surface area contributed by atoms with Crippen molar-refractivity contribution in [3.05, 3.63) is 79.7 Å². The molecule has 0 aliphatic carbocycles. The number of hydrogen-bond acceptors (Lipinski definition) is 7. The van der Waals surface area contributed by atoms with Crippen LogP contribution in [0.15, 0.2) is 79.7 Å². The lowest BCUT2D eigenvalue weighted by molar-refractivity contribution is -0.111. The number of nitrogens with zero attached hydrogens (tertiary/aromatic N) is 5. The number of para-hydroxylation sites is 1. The monoisotopic (exact) mass is 537 g/mol. The van der Waals surface area contributed by atoms with E-state index in [1.807, 2.05) is 37.4 Å². The SMILES string of the molecule is C=C/C=C/C(=O)Nc1cc(Nc2nccc(-c3cn(C)c4ccccc34)n2)c(OC)cc1N1CC[C@H](N(C)C)C1. The number of rotatable bonds is 9. The smallest absolute Gasteiger partial charge is 0.248 e. The van der Waals surface area contributed by atoms with Crippen molar-refractivity contribution in [3.8, 4) is 17.0 Å². The van der Waals surface area contributed by atoms with Gasteiger partial charge in [-0.25, -0.2) is 9.97 Å². The van der Waals surface area contributed by atoms with Gasteiger partial charge in [0.15, 0.2) is 0 Å². The third kappa shape index (κ3) is 5.55. The number of carbonyl (C=O) groups excluding carboxylic acids is 1. The molecule has 2 N–H and O–H groups in total. The van der Waals surface area contributed by atoms with Gasteiger partial charge in [-0.05, 0) is 38.7 Å². The Labute approximate surface area is 234 Å². The van der Waals surface area contributed by atoms with Gasteiger partial charge in [-0.15, -0.1) is 0 Å². The first-order chi connectivity index (χ1) is 19.4. The number of hydrogen-bond donors (Lipinski definition) is 2. The number of aromatic nitrogens is 3. The van der Waals surface area contributed by atoms with Crippen LogP contribution < -0.4 is 20.3 Å². The molecule has 9 nitrogen and oxygen atoms in total. The standard InChI is InChI=1S/C31H35N7O2/c1-6-7-12-30(39)33-25-17-26(29(40-5)18-28(25)38-16-14-21(19-38)36(2)3)35-31-32-15-13-24(34-31)23-20-37(4)27-11-9-8-10-22(23)27/h6-13,15,17-18,20-21H,1,14,16,19H2,2-5H3,(H,33,39)(H,32,34,35)/b12-7+/t21-/m0/s1. The van der Waals surface area contributed by atoms with E-state index in [9.17, 15) is 4.79 Å². The number of fused-ring (bicyclic) bond motifs is 1. The van der Waals surface area contributed by atoms with Crippen molar-refractivity contribution in [1.82, 2.24) is 19.4 Å². The first-order valence-electron chi connectivity index (χ1n) is 13.3.